The lowest BCUT2D eigenvalue weighted by Gasteiger charge is -2.31. The molecule has 1 saturated heterocycles. The van der Waals surface area contributed by atoms with Gasteiger partial charge in [0.05, 0.1) is 0 Å². The monoisotopic (exact) mass is 360 g/mol. The molecule has 0 radical (unpaired) electrons. The number of urea groups is 1. The summed E-state index contributed by atoms with van der Waals surface area (Å²) < 4.78 is 13.0. The molecular weight excluding hydrogens is 343 g/mol. The standard InChI is InChI=1S/C19H18ClFN2O2/c20-15-2-1-3-17(12-15)22-19(25)23-10-8-14(9-11-23)18(24)13-4-6-16(21)7-5-13/h1-7,12,14H,8-11H2,(H,22,25). The van der Waals surface area contributed by atoms with Gasteiger partial charge in [0.2, 0.25) is 0 Å². The largest absolute Gasteiger partial charge is 0.324 e. The molecule has 0 aliphatic carbocycles. The molecule has 130 valence electrons. The van der Waals surface area contributed by atoms with Crippen molar-refractivity contribution >= 4 is 29.1 Å². The van der Waals surface area contributed by atoms with E-state index < -0.39 is 0 Å². The van der Waals surface area contributed by atoms with E-state index in [-0.39, 0.29) is 23.5 Å². The third-order valence-electron chi connectivity index (χ3n) is 4.36. The fourth-order valence-electron chi connectivity index (χ4n) is 2.96. The van der Waals surface area contributed by atoms with E-state index in [1.54, 1.807) is 29.2 Å². The predicted octanol–water partition coefficient (Wildman–Crippen LogP) is 4.61. The molecule has 1 fully saturated rings. The highest BCUT2D eigenvalue weighted by Gasteiger charge is 2.28. The number of nitrogens with one attached hydrogen (secondary N) is 1. The number of nitrogens with zero attached hydrogens (tertiary/aromatic N) is 1. The van der Waals surface area contributed by atoms with Crippen molar-refractivity contribution < 1.29 is 14.0 Å². The number of benzene rings is 2. The number of carbonyl (C=O) groups excluding carboxylic acids is 2. The van der Waals surface area contributed by atoms with E-state index in [0.29, 0.717) is 42.2 Å². The zero-order valence-corrected chi connectivity index (χ0v) is 14.3. The molecule has 3 rings (SSSR count). The average Bonchev–Trinajstić information content (AvgIpc) is 2.62. The van der Waals surface area contributed by atoms with Crippen molar-refractivity contribution in [1.82, 2.24) is 4.90 Å². The lowest BCUT2D eigenvalue weighted by Crippen LogP contribution is -2.42. The molecular formula is C19H18ClFN2O2. The molecule has 2 aromatic carbocycles. The van der Waals surface area contributed by atoms with E-state index in [0.717, 1.165) is 0 Å². The second kappa shape index (κ2) is 7.66. The van der Waals surface area contributed by atoms with Crippen LogP contribution in [0.25, 0.3) is 0 Å². The first-order valence-corrected chi connectivity index (χ1v) is 8.52. The molecule has 4 nitrogen and oxygen atoms in total. The van der Waals surface area contributed by atoms with Gasteiger partial charge in [0, 0.05) is 35.3 Å². The summed E-state index contributed by atoms with van der Waals surface area (Å²) in [6.07, 6.45) is 1.19. The van der Waals surface area contributed by atoms with Crippen LogP contribution in [0.5, 0.6) is 0 Å². The Morgan fingerprint density at radius 3 is 2.40 bits per heavy atom. The van der Waals surface area contributed by atoms with Gasteiger partial charge < -0.3 is 10.2 Å². The van der Waals surface area contributed by atoms with Gasteiger partial charge in [0.25, 0.3) is 0 Å². The van der Waals surface area contributed by atoms with Crippen LogP contribution in [0.4, 0.5) is 14.9 Å². The zero-order chi connectivity index (χ0) is 17.8. The number of carbonyl (C=O) groups is 2. The fourth-order valence-corrected chi connectivity index (χ4v) is 3.15. The third-order valence-corrected chi connectivity index (χ3v) is 4.59. The average molecular weight is 361 g/mol. The highest BCUT2D eigenvalue weighted by atomic mass is 35.5. The van der Waals surface area contributed by atoms with Crippen LogP contribution in [-0.4, -0.2) is 29.8 Å². The first kappa shape index (κ1) is 17.4. The van der Waals surface area contributed by atoms with Crippen LogP contribution in [-0.2, 0) is 0 Å². The van der Waals surface area contributed by atoms with Crippen LogP contribution in [0.15, 0.2) is 48.5 Å². The van der Waals surface area contributed by atoms with Crippen LogP contribution in [0.1, 0.15) is 23.2 Å². The van der Waals surface area contributed by atoms with Gasteiger partial charge in [-0.15, -0.1) is 0 Å². The maximum absolute atomic E-state index is 13.0. The molecule has 6 heteroatoms. The first-order chi connectivity index (χ1) is 12.0. The number of piperidine rings is 1. The Bertz CT molecular complexity index is 771. The molecule has 0 bridgehead atoms. The number of hydrogen-bond acceptors (Lipinski definition) is 2. The Labute approximate surface area is 150 Å². The Kier molecular flexibility index (Phi) is 5.34. The van der Waals surface area contributed by atoms with Crippen molar-refractivity contribution in [1.29, 1.82) is 0 Å². The predicted molar refractivity (Wildman–Crippen MR) is 95.5 cm³/mol. The van der Waals surface area contributed by atoms with Crippen molar-refractivity contribution in [2.75, 3.05) is 18.4 Å². The summed E-state index contributed by atoms with van der Waals surface area (Å²) in [7, 11) is 0. The minimum Gasteiger partial charge on any atom is -0.324 e. The van der Waals surface area contributed by atoms with E-state index in [1.165, 1.54) is 24.3 Å². The summed E-state index contributed by atoms with van der Waals surface area (Å²) in [4.78, 5) is 26.5. The Morgan fingerprint density at radius 1 is 1.08 bits per heavy atom. The molecule has 0 atom stereocenters. The van der Waals surface area contributed by atoms with Gasteiger partial charge in [-0.1, -0.05) is 17.7 Å². The second-order valence-corrected chi connectivity index (χ2v) is 6.51. The number of rotatable bonds is 3. The minimum atomic E-state index is -0.357. The first-order valence-electron chi connectivity index (χ1n) is 8.14. The fraction of sp³-hybridized carbons (Fsp3) is 0.263. The molecule has 1 aliphatic rings. The molecule has 0 unspecified atom stereocenters. The van der Waals surface area contributed by atoms with Gasteiger partial charge in [-0.25, -0.2) is 9.18 Å². The Balaban J connectivity index is 1.55. The van der Waals surface area contributed by atoms with Crippen LogP contribution in [0, 0.1) is 11.7 Å². The molecule has 25 heavy (non-hydrogen) atoms. The smallest absolute Gasteiger partial charge is 0.321 e. The maximum Gasteiger partial charge on any atom is 0.321 e. The zero-order valence-electron chi connectivity index (χ0n) is 13.5. The number of ketones is 1. The van der Waals surface area contributed by atoms with E-state index in [4.69, 9.17) is 11.6 Å². The maximum atomic E-state index is 13.0. The van der Waals surface area contributed by atoms with Gasteiger partial charge >= 0.3 is 6.03 Å². The number of hydrogen-bond donors (Lipinski definition) is 1. The number of anilines is 1. The normalized spacial score (nSPS) is 15.0. The molecule has 1 heterocycles. The molecule has 2 amide bonds. The van der Waals surface area contributed by atoms with Gasteiger partial charge in [0.15, 0.2) is 5.78 Å². The third kappa shape index (κ3) is 4.37. The van der Waals surface area contributed by atoms with E-state index in [1.807, 2.05) is 0 Å². The van der Waals surface area contributed by atoms with Crippen LogP contribution in [0.3, 0.4) is 0 Å². The summed E-state index contributed by atoms with van der Waals surface area (Å²) in [6.45, 7) is 1.01. The SMILES string of the molecule is O=C(c1ccc(F)cc1)C1CCN(C(=O)Nc2cccc(Cl)c2)CC1. The highest BCUT2D eigenvalue weighted by molar-refractivity contribution is 6.30. The second-order valence-electron chi connectivity index (χ2n) is 6.07. The number of likely N-dealkylation sites (tertiary alicyclic amines) is 1. The van der Waals surface area contributed by atoms with Gasteiger partial charge in [0.1, 0.15) is 5.82 Å². The molecule has 2 aromatic rings. The number of amides is 2. The van der Waals surface area contributed by atoms with Crippen molar-refractivity contribution in [3.63, 3.8) is 0 Å². The summed E-state index contributed by atoms with van der Waals surface area (Å²) in [5.74, 6) is -0.486. The van der Waals surface area contributed by atoms with Crippen LogP contribution in [0.2, 0.25) is 5.02 Å². The van der Waals surface area contributed by atoms with E-state index in [9.17, 15) is 14.0 Å². The summed E-state index contributed by atoms with van der Waals surface area (Å²) in [5.41, 5.74) is 1.16. The quantitative estimate of drug-likeness (QED) is 0.813. The molecule has 0 aromatic heterocycles. The number of Topliss-reactive ketones (excluding diaryl/α,β-unsaturated/α-hetero) is 1. The lowest BCUT2D eigenvalue weighted by molar-refractivity contribution is 0.0859. The molecule has 1 N–H and O–H groups in total. The summed E-state index contributed by atoms with van der Waals surface area (Å²) >= 11 is 5.91. The van der Waals surface area contributed by atoms with Gasteiger partial charge in [-0.2, -0.15) is 0 Å². The van der Waals surface area contributed by atoms with E-state index >= 15 is 0 Å². The van der Waals surface area contributed by atoms with Crippen LogP contribution >= 0.6 is 11.6 Å². The van der Waals surface area contributed by atoms with Crippen molar-refractivity contribution in [3.05, 3.63) is 64.9 Å². The number of halogens is 2. The topological polar surface area (TPSA) is 49.4 Å². The van der Waals surface area contributed by atoms with Crippen molar-refractivity contribution in [2.45, 2.75) is 12.8 Å². The molecule has 0 spiro atoms. The summed E-state index contributed by atoms with van der Waals surface area (Å²) in [6, 6.07) is 12.4. The molecule has 1 aliphatic heterocycles. The Morgan fingerprint density at radius 2 is 1.76 bits per heavy atom. The minimum absolute atomic E-state index is 0.00917. The Hall–Kier alpha value is -2.40. The summed E-state index contributed by atoms with van der Waals surface area (Å²) in [5, 5.41) is 3.37. The van der Waals surface area contributed by atoms with Gasteiger partial charge in [-0.3, -0.25) is 4.79 Å². The molecule has 0 saturated carbocycles. The van der Waals surface area contributed by atoms with Gasteiger partial charge in [-0.05, 0) is 55.3 Å². The van der Waals surface area contributed by atoms with E-state index in [2.05, 4.69) is 5.32 Å². The lowest BCUT2D eigenvalue weighted by atomic mass is 9.89. The van der Waals surface area contributed by atoms with Crippen molar-refractivity contribution in [3.8, 4) is 0 Å². The van der Waals surface area contributed by atoms with Crippen molar-refractivity contribution in [2.24, 2.45) is 5.92 Å². The highest BCUT2D eigenvalue weighted by Crippen LogP contribution is 2.23. The van der Waals surface area contributed by atoms with Crippen LogP contribution < -0.4 is 5.32 Å².